The van der Waals surface area contributed by atoms with Crippen molar-refractivity contribution in [3.05, 3.63) is 103 Å². The second kappa shape index (κ2) is 9.55. The van der Waals surface area contributed by atoms with Gasteiger partial charge < -0.3 is 20.7 Å². The van der Waals surface area contributed by atoms with Crippen molar-refractivity contribution >= 4 is 51.3 Å². The van der Waals surface area contributed by atoms with E-state index in [1.807, 2.05) is 24.3 Å². The fraction of sp³-hybridized carbons (Fsp3) is 0.0769. The van der Waals surface area contributed by atoms with Crippen LogP contribution in [0.5, 0.6) is 5.75 Å². The van der Waals surface area contributed by atoms with Gasteiger partial charge in [0.15, 0.2) is 5.82 Å². The number of nitrogens with one attached hydrogen (secondary N) is 4. The van der Waals surface area contributed by atoms with E-state index in [0.29, 0.717) is 45.3 Å². The van der Waals surface area contributed by atoms with Gasteiger partial charge in [-0.1, -0.05) is 29.8 Å². The number of fused-ring (bicyclic) bond motifs is 1. The highest BCUT2D eigenvalue weighted by Crippen LogP contribution is 2.28. The number of amides is 1. The molecule has 0 aliphatic carbocycles. The third-order valence-electron chi connectivity index (χ3n) is 5.66. The van der Waals surface area contributed by atoms with Crippen molar-refractivity contribution in [2.75, 3.05) is 23.1 Å². The minimum atomic E-state index is -0.607. The molecular weight excluding hydrogens is 482 g/mol. The van der Waals surface area contributed by atoms with Crippen LogP contribution >= 0.6 is 11.6 Å². The van der Waals surface area contributed by atoms with Gasteiger partial charge >= 0.3 is 0 Å². The zero-order valence-corrected chi connectivity index (χ0v) is 19.8. The van der Waals surface area contributed by atoms with Crippen LogP contribution in [0, 0.1) is 0 Å². The first-order valence-electron chi connectivity index (χ1n) is 10.9. The van der Waals surface area contributed by atoms with Gasteiger partial charge in [-0.25, -0.2) is 0 Å². The van der Waals surface area contributed by atoms with E-state index in [9.17, 15) is 14.4 Å². The van der Waals surface area contributed by atoms with Crippen molar-refractivity contribution in [1.82, 2.24) is 10.2 Å². The number of benzene rings is 3. The topological polar surface area (TPSA) is 125 Å². The lowest BCUT2D eigenvalue weighted by molar-refractivity contribution is 0.102. The van der Waals surface area contributed by atoms with Crippen LogP contribution in [0.2, 0.25) is 5.02 Å². The van der Waals surface area contributed by atoms with E-state index in [4.69, 9.17) is 16.3 Å². The fourth-order valence-electron chi connectivity index (χ4n) is 3.79. The molecule has 0 aliphatic heterocycles. The van der Waals surface area contributed by atoms with Gasteiger partial charge in [0, 0.05) is 28.2 Å². The Bertz CT molecular complexity index is 1670. The van der Waals surface area contributed by atoms with Gasteiger partial charge in [0.05, 0.1) is 12.6 Å². The summed E-state index contributed by atoms with van der Waals surface area (Å²) in [6, 6.07) is 19.2. The van der Waals surface area contributed by atoms with Gasteiger partial charge in [-0.05, 0) is 54.1 Å². The zero-order chi connectivity index (χ0) is 25.2. The van der Waals surface area contributed by atoms with Crippen LogP contribution < -0.4 is 31.5 Å². The van der Waals surface area contributed by atoms with Gasteiger partial charge in [0.1, 0.15) is 17.1 Å². The molecule has 0 atom stereocenters. The Kier molecular flexibility index (Phi) is 6.14. The van der Waals surface area contributed by atoms with Gasteiger partial charge in [-0.15, -0.1) is 0 Å². The lowest BCUT2D eigenvalue weighted by Crippen LogP contribution is -2.36. The van der Waals surface area contributed by atoms with Gasteiger partial charge in [0.2, 0.25) is 0 Å². The highest BCUT2D eigenvalue weighted by Gasteiger charge is 2.21. The molecule has 0 saturated heterocycles. The summed E-state index contributed by atoms with van der Waals surface area (Å²) in [6.07, 6.45) is 0. The largest absolute Gasteiger partial charge is 0.497 e. The van der Waals surface area contributed by atoms with Crippen molar-refractivity contribution < 1.29 is 9.53 Å². The molecule has 36 heavy (non-hydrogen) atoms. The normalized spacial score (nSPS) is 10.9. The van der Waals surface area contributed by atoms with Crippen molar-refractivity contribution in [2.45, 2.75) is 6.54 Å². The molecule has 0 saturated carbocycles. The lowest BCUT2D eigenvalue weighted by Gasteiger charge is -2.15. The minimum absolute atomic E-state index is 0.176. The average Bonchev–Trinajstić information content (AvgIpc) is 3.29. The van der Waals surface area contributed by atoms with Crippen LogP contribution in [0.25, 0.3) is 10.9 Å². The Morgan fingerprint density at radius 3 is 2.61 bits per heavy atom. The van der Waals surface area contributed by atoms with E-state index in [-0.39, 0.29) is 17.3 Å². The molecule has 5 aromatic rings. The maximum Gasteiger partial charge on any atom is 0.256 e. The molecule has 0 fully saturated rings. The number of nitrogens with zero attached hydrogens (tertiary/aromatic N) is 1. The number of aromatic nitrogens is 2. The highest BCUT2D eigenvalue weighted by atomic mass is 35.5. The molecule has 0 unspecified atom stereocenters. The number of anilines is 4. The molecule has 0 bridgehead atoms. The summed E-state index contributed by atoms with van der Waals surface area (Å²) in [7, 11) is 1.58. The Labute approximate surface area is 209 Å². The number of carbonyl (C=O) groups is 1. The van der Waals surface area contributed by atoms with E-state index in [2.05, 4.69) is 26.1 Å². The Morgan fingerprint density at radius 1 is 1.00 bits per heavy atom. The second-order valence-electron chi connectivity index (χ2n) is 8.04. The number of hydrogen-bond donors (Lipinski definition) is 4. The van der Waals surface area contributed by atoms with E-state index >= 15 is 0 Å². The molecule has 5 rings (SSSR count). The molecule has 9 nitrogen and oxygen atoms in total. The van der Waals surface area contributed by atoms with Gasteiger partial charge in [-0.2, -0.15) is 5.10 Å². The third-order valence-corrected chi connectivity index (χ3v) is 5.90. The van der Waals surface area contributed by atoms with Gasteiger partial charge in [-0.3, -0.25) is 19.5 Å². The molecule has 1 amide bonds. The van der Waals surface area contributed by atoms with Crippen LogP contribution in [-0.2, 0) is 6.54 Å². The van der Waals surface area contributed by atoms with E-state index in [1.165, 1.54) is 0 Å². The number of aromatic amines is 1. The monoisotopic (exact) mass is 501 g/mol. The Balaban J connectivity index is 1.35. The summed E-state index contributed by atoms with van der Waals surface area (Å²) in [5, 5.41) is 16.9. The van der Waals surface area contributed by atoms with E-state index in [0.717, 1.165) is 5.56 Å². The van der Waals surface area contributed by atoms with Crippen molar-refractivity contribution in [3.8, 4) is 5.75 Å². The summed E-state index contributed by atoms with van der Waals surface area (Å²) in [4.78, 5) is 37.1. The number of H-pyrrole nitrogens is 1. The minimum Gasteiger partial charge on any atom is -0.497 e. The SMILES string of the molecule is COc1cccc(CNc2c(Nc3ccc4[nH]nc(NC(=O)c5cccc(Cl)c5)c4c3)c(=O)c2=O)c1. The Hall–Kier alpha value is -4.63. The zero-order valence-electron chi connectivity index (χ0n) is 19.0. The van der Waals surface area contributed by atoms with Crippen molar-refractivity contribution in [2.24, 2.45) is 0 Å². The molecular formula is C26H20ClN5O4. The van der Waals surface area contributed by atoms with E-state index in [1.54, 1.807) is 49.6 Å². The first-order chi connectivity index (χ1) is 17.4. The highest BCUT2D eigenvalue weighted by molar-refractivity contribution is 6.31. The third kappa shape index (κ3) is 4.51. The summed E-state index contributed by atoms with van der Waals surface area (Å²) >= 11 is 5.98. The summed E-state index contributed by atoms with van der Waals surface area (Å²) in [6.45, 7) is 0.344. The summed E-state index contributed by atoms with van der Waals surface area (Å²) in [5.74, 6) is 0.653. The number of rotatable bonds is 8. The molecule has 0 aliphatic rings. The van der Waals surface area contributed by atoms with Crippen LogP contribution in [0.1, 0.15) is 15.9 Å². The van der Waals surface area contributed by atoms with Crippen molar-refractivity contribution in [3.63, 3.8) is 0 Å². The number of methoxy groups -OCH3 is 1. The molecule has 1 aromatic heterocycles. The van der Waals surface area contributed by atoms with Gasteiger partial charge in [0.25, 0.3) is 16.8 Å². The first-order valence-corrected chi connectivity index (χ1v) is 11.3. The molecule has 4 aromatic carbocycles. The molecule has 10 heteroatoms. The predicted molar refractivity (Wildman–Crippen MR) is 140 cm³/mol. The number of ether oxygens (including phenoxy) is 1. The molecule has 180 valence electrons. The molecule has 0 spiro atoms. The number of halogens is 1. The van der Waals surface area contributed by atoms with Crippen LogP contribution in [0.15, 0.2) is 76.3 Å². The average molecular weight is 502 g/mol. The second-order valence-corrected chi connectivity index (χ2v) is 8.47. The maximum absolute atomic E-state index is 12.6. The predicted octanol–water partition coefficient (Wildman–Crippen LogP) is 4.43. The molecule has 4 N–H and O–H groups in total. The van der Waals surface area contributed by atoms with Crippen molar-refractivity contribution in [1.29, 1.82) is 0 Å². The maximum atomic E-state index is 12.6. The number of hydrogen-bond acceptors (Lipinski definition) is 7. The van der Waals surface area contributed by atoms with Crippen LogP contribution in [0.4, 0.5) is 22.9 Å². The molecule has 1 heterocycles. The first kappa shape index (κ1) is 23.1. The molecule has 0 radical (unpaired) electrons. The summed E-state index contributed by atoms with van der Waals surface area (Å²) < 4.78 is 5.22. The Morgan fingerprint density at radius 2 is 1.81 bits per heavy atom. The van der Waals surface area contributed by atoms with E-state index < -0.39 is 10.9 Å². The fourth-order valence-corrected chi connectivity index (χ4v) is 3.98. The summed E-state index contributed by atoms with van der Waals surface area (Å²) in [5.41, 5.74) is 1.72. The smallest absolute Gasteiger partial charge is 0.256 e. The quantitative estimate of drug-likeness (QED) is 0.232. The lowest BCUT2D eigenvalue weighted by atomic mass is 10.1. The standard InChI is InChI=1S/C26H20ClN5O4/c1-36-18-7-2-4-14(10-18)13-28-21-22(24(34)23(21)33)29-17-8-9-20-19(12-17)25(32-31-20)30-26(35)15-5-3-6-16(27)11-15/h2-12,28-29H,13H2,1H3,(H2,30,31,32,35). The van der Waals surface area contributed by atoms with Crippen LogP contribution in [-0.4, -0.2) is 23.2 Å². The number of carbonyl (C=O) groups excluding carboxylic acids is 1. The van der Waals surface area contributed by atoms with Crippen LogP contribution in [0.3, 0.4) is 0 Å².